The molecule has 134 valence electrons. The lowest BCUT2D eigenvalue weighted by atomic mass is 10.1. The smallest absolute Gasteiger partial charge is 0.260 e. The van der Waals surface area contributed by atoms with Crippen molar-refractivity contribution in [3.63, 3.8) is 0 Å². The van der Waals surface area contributed by atoms with Gasteiger partial charge in [0.2, 0.25) is 5.88 Å². The molecular weight excluding hydrogens is 318 g/mol. The predicted molar refractivity (Wildman–Crippen MR) is 96.8 cm³/mol. The zero-order chi connectivity index (χ0) is 18.4. The average molecular weight is 343 g/mol. The van der Waals surface area contributed by atoms with Gasteiger partial charge in [0, 0.05) is 24.5 Å². The normalized spacial score (nSPS) is 12.0. The standard InChI is InChI=1S/C19H25N3O3/c1-12(2)9-14(4)25-17-10-15(7-8-20-17)11-21-18(23)16-6-5-13(3)22-19(16)24/h5-8,10,12,14H,9,11H2,1-4H3,(H,21,23)(H,22,24)/t14-/m0/s1. The summed E-state index contributed by atoms with van der Waals surface area (Å²) in [6.45, 7) is 8.36. The Balaban J connectivity index is 1.97. The number of aromatic amines is 1. The molecule has 6 heteroatoms. The fourth-order valence-corrected chi connectivity index (χ4v) is 2.57. The summed E-state index contributed by atoms with van der Waals surface area (Å²) in [5.74, 6) is 0.673. The van der Waals surface area contributed by atoms with Gasteiger partial charge >= 0.3 is 0 Å². The first-order chi connectivity index (χ1) is 11.8. The molecule has 0 saturated heterocycles. The molecule has 0 aliphatic rings. The van der Waals surface area contributed by atoms with Crippen LogP contribution < -0.4 is 15.6 Å². The minimum atomic E-state index is -0.409. The molecule has 0 fully saturated rings. The van der Waals surface area contributed by atoms with E-state index in [0.29, 0.717) is 24.0 Å². The maximum atomic E-state index is 12.2. The number of aryl methyl sites for hydroxylation is 1. The quantitative estimate of drug-likeness (QED) is 0.810. The molecule has 0 aliphatic heterocycles. The van der Waals surface area contributed by atoms with E-state index in [-0.39, 0.29) is 11.7 Å². The molecule has 2 N–H and O–H groups in total. The minimum Gasteiger partial charge on any atom is -0.475 e. The number of nitrogens with one attached hydrogen (secondary N) is 2. The molecule has 0 radical (unpaired) electrons. The zero-order valence-corrected chi connectivity index (χ0v) is 15.1. The maximum absolute atomic E-state index is 12.2. The first kappa shape index (κ1) is 18.7. The van der Waals surface area contributed by atoms with Crippen molar-refractivity contribution in [2.75, 3.05) is 0 Å². The van der Waals surface area contributed by atoms with E-state index in [0.717, 1.165) is 12.0 Å². The van der Waals surface area contributed by atoms with Crippen molar-refractivity contribution in [1.29, 1.82) is 0 Å². The van der Waals surface area contributed by atoms with E-state index in [1.807, 2.05) is 6.92 Å². The number of pyridine rings is 2. The van der Waals surface area contributed by atoms with Gasteiger partial charge < -0.3 is 15.0 Å². The highest BCUT2D eigenvalue weighted by Gasteiger charge is 2.11. The Morgan fingerprint density at radius 2 is 2.04 bits per heavy atom. The molecule has 2 aromatic rings. The Hall–Kier alpha value is -2.63. The number of nitrogens with zero attached hydrogens (tertiary/aromatic N) is 1. The molecule has 0 saturated carbocycles. The number of carbonyl (C=O) groups is 1. The van der Waals surface area contributed by atoms with E-state index >= 15 is 0 Å². The first-order valence-corrected chi connectivity index (χ1v) is 8.45. The van der Waals surface area contributed by atoms with Crippen LogP contribution in [0.1, 0.15) is 48.8 Å². The van der Waals surface area contributed by atoms with Gasteiger partial charge in [-0.1, -0.05) is 13.8 Å². The largest absolute Gasteiger partial charge is 0.475 e. The highest BCUT2D eigenvalue weighted by atomic mass is 16.5. The molecule has 6 nitrogen and oxygen atoms in total. The van der Waals surface area contributed by atoms with Crippen LogP contribution in [0, 0.1) is 12.8 Å². The molecule has 1 amide bonds. The molecule has 2 aromatic heterocycles. The van der Waals surface area contributed by atoms with Crippen molar-refractivity contribution in [3.8, 4) is 5.88 Å². The molecule has 1 atom stereocenters. The highest BCUT2D eigenvalue weighted by Crippen LogP contribution is 2.15. The van der Waals surface area contributed by atoms with Crippen LogP contribution in [0.5, 0.6) is 5.88 Å². The van der Waals surface area contributed by atoms with E-state index < -0.39 is 11.5 Å². The van der Waals surface area contributed by atoms with Crippen molar-refractivity contribution in [3.05, 3.63) is 57.6 Å². The number of hydrogen-bond acceptors (Lipinski definition) is 4. The number of H-pyrrole nitrogens is 1. The molecule has 2 heterocycles. The van der Waals surface area contributed by atoms with Gasteiger partial charge in [0.25, 0.3) is 11.5 Å². The van der Waals surface area contributed by atoms with Crippen LogP contribution >= 0.6 is 0 Å². The molecule has 0 unspecified atom stereocenters. The van der Waals surface area contributed by atoms with Crippen molar-refractivity contribution < 1.29 is 9.53 Å². The van der Waals surface area contributed by atoms with Crippen LogP contribution in [0.2, 0.25) is 0 Å². The van der Waals surface area contributed by atoms with Crippen LogP contribution in [0.4, 0.5) is 0 Å². The number of hydrogen-bond donors (Lipinski definition) is 2. The van der Waals surface area contributed by atoms with Crippen LogP contribution in [0.15, 0.2) is 35.3 Å². The summed E-state index contributed by atoms with van der Waals surface area (Å²) < 4.78 is 5.81. The van der Waals surface area contributed by atoms with Gasteiger partial charge in [0.05, 0.1) is 6.10 Å². The summed E-state index contributed by atoms with van der Waals surface area (Å²) in [6, 6.07) is 6.83. The number of ether oxygens (including phenoxy) is 1. The lowest BCUT2D eigenvalue weighted by Crippen LogP contribution is -2.29. The van der Waals surface area contributed by atoms with Gasteiger partial charge in [0.1, 0.15) is 5.56 Å². The Morgan fingerprint density at radius 3 is 2.72 bits per heavy atom. The Kier molecular flexibility index (Phi) is 6.33. The third-order valence-corrected chi connectivity index (χ3v) is 3.68. The molecule has 0 spiro atoms. The highest BCUT2D eigenvalue weighted by molar-refractivity contribution is 5.93. The lowest BCUT2D eigenvalue weighted by molar-refractivity contribution is 0.0949. The summed E-state index contributed by atoms with van der Waals surface area (Å²) in [7, 11) is 0. The van der Waals surface area contributed by atoms with Gasteiger partial charge in [0.15, 0.2) is 0 Å². The van der Waals surface area contributed by atoms with Crippen molar-refractivity contribution in [2.24, 2.45) is 5.92 Å². The summed E-state index contributed by atoms with van der Waals surface area (Å²) >= 11 is 0. The fourth-order valence-electron chi connectivity index (χ4n) is 2.57. The topological polar surface area (TPSA) is 84.1 Å². The number of rotatable bonds is 7. The van der Waals surface area contributed by atoms with Crippen LogP contribution in [0.25, 0.3) is 0 Å². The van der Waals surface area contributed by atoms with Gasteiger partial charge in [-0.05, 0) is 49.9 Å². The van der Waals surface area contributed by atoms with Gasteiger partial charge in [-0.15, -0.1) is 0 Å². The number of amides is 1. The first-order valence-electron chi connectivity index (χ1n) is 8.45. The number of carbonyl (C=O) groups excluding carboxylic acids is 1. The monoisotopic (exact) mass is 343 g/mol. The SMILES string of the molecule is Cc1ccc(C(=O)NCc2ccnc(O[C@@H](C)CC(C)C)c2)c(=O)[nH]1. The van der Waals surface area contributed by atoms with Crippen molar-refractivity contribution in [1.82, 2.24) is 15.3 Å². The zero-order valence-electron chi connectivity index (χ0n) is 15.1. The summed E-state index contributed by atoms with van der Waals surface area (Å²) in [5.41, 5.74) is 1.28. The van der Waals surface area contributed by atoms with E-state index in [9.17, 15) is 9.59 Å². The average Bonchev–Trinajstić information content (AvgIpc) is 2.52. The maximum Gasteiger partial charge on any atom is 0.260 e. The Labute approximate surface area is 147 Å². The Morgan fingerprint density at radius 1 is 1.28 bits per heavy atom. The van der Waals surface area contributed by atoms with E-state index in [1.54, 1.807) is 31.3 Å². The second-order valence-electron chi connectivity index (χ2n) is 6.63. The molecule has 0 bridgehead atoms. The van der Waals surface area contributed by atoms with Crippen molar-refractivity contribution >= 4 is 5.91 Å². The molecule has 0 aliphatic carbocycles. The van der Waals surface area contributed by atoms with Crippen molar-refractivity contribution in [2.45, 2.75) is 46.8 Å². The van der Waals surface area contributed by atoms with Crippen LogP contribution in [0.3, 0.4) is 0 Å². The van der Waals surface area contributed by atoms with Gasteiger partial charge in [-0.25, -0.2) is 4.98 Å². The molecule has 0 aromatic carbocycles. The third-order valence-electron chi connectivity index (χ3n) is 3.68. The fraction of sp³-hybridized carbons (Fsp3) is 0.421. The van der Waals surface area contributed by atoms with Crippen LogP contribution in [-0.4, -0.2) is 22.0 Å². The summed E-state index contributed by atoms with van der Waals surface area (Å²) in [5, 5.41) is 2.75. The summed E-state index contributed by atoms with van der Waals surface area (Å²) in [6.07, 6.45) is 2.67. The lowest BCUT2D eigenvalue weighted by Gasteiger charge is -2.16. The van der Waals surface area contributed by atoms with E-state index in [2.05, 4.69) is 29.1 Å². The molecule has 2 rings (SSSR count). The second-order valence-corrected chi connectivity index (χ2v) is 6.63. The van der Waals surface area contributed by atoms with Crippen LogP contribution in [-0.2, 0) is 6.54 Å². The Bertz CT molecular complexity index is 783. The minimum absolute atomic E-state index is 0.0726. The molecular formula is C19H25N3O3. The van der Waals surface area contributed by atoms with E-state index in [1.165, 1.54) is 6.07 Å². The van der Waals surface area contributed by atoms with E-state index in [4.69, 9.17) is 4.74 Å². The number of aromatic nitrogens is 2. The summed E-state index contributed by atoms with van der Waals surface area (Å²) in [4.78, 5) is 30.8. The predicted octanol–water partition coefficient (Wildman–Crippen LogP) is 2.82. The second kappa shape index (κ2) is 8.46. The molecule has 25 heavy (non-hydrogen) atoms. The van der Waals surface area contributed by atoms with Gasteiger partial charge in [-0.2, -0.15) is 0 Å². The third kappa shape index (κ3) is 5.74. The van der Waals surface area contributed by atoms with Gasteiger partial charge in [-0.3, -0.25) is 9.59 Å².